The number of nitrogens with two attached hydrogens (primary N) is 1. The van der Waals surface area contributed by atoms with Gasteiger partial charge in [0.25, 0.3) is 0 Å². The quantitative estimate of drug-likeness (QED) is 0.917. The van der Waals surface area contributed by atoms with Crippen molar-refractivity contribution in [1.82, 2.24) is 4.90 Å². The van der Waals surface area contributed by atoms with E-state index in [0.29, 0.717) is 12.6 Å². The molecule has 2 heterocycles. The topological polar surface area (TPSA) is 51.6 Å². The van der Waals surface area contributed by atoms with Crippen LogP contribution in [0.2, 0.25) is 0 Å². The molecule has 0 bridgehead atoms. The second-order valence-corrected chi connectivity index (χ2v) is 4.86. The smallest absolute Gasteiger partial charge is 0.169 e. The zero-order valence-electron chi connectivity index (χ0n) is 9.36. The third kappa shape index (κ3) is 2.48. The largest absolute Gasteiger partial charge is 0.453 e. The molecule has 1 aliphatic heterocycles. The highest BCUT2D eigenvalue weighted by Crippen LogP contribution is 2.27. The molecule has 5 heteroatoms. The highest BCUT2D eigenvalue weighted by molar-refractivity contribution is 9.10. The number of nitrogens with zero attached hydrogens (tertiary/aromatic N) is 1. The number of likely N-dealkylation sites (N-methyl/N-ethyl adjacent to an activating group) is 1. The van der Waals surface area contributed by atoms with Gasteiger partial charge in [0.15, 0.2) is 4.67 Å². The lowest BCUT2D eigenvalue weighted by Crippen LogP contribution is -2.38. The molecule has 1 aromatic heterocycles. The summed E-state index contributed by atoms with van der Waals surface area (Å²) in [7, 11) is 2.08. The molecular weight excluding hydrogens is 272 g/mol. The Hall–Kier alpha value is -0.360. The van der Waals surface area contributed by atoms with Gasteiger partial charge in [-0.25, -0.2) is 0 Å². The fourth-order valence-corrected chi connectivity index (χ4v) is 2.41. The van der Waals surface area contributed by atoms with Crippen LogP contribution in [0, 0.1) is 0 Å². The Morgan fingerprint density at radius 1 is 1.62 bits per heavy atom. The van der Waals surface area contributed by atoms with E-state index in [2.05, 4.69) is 27.9 Å². The van der Waals surface area contributed by atoms with Gasteiger partial charge in [-0.3, -0.25) is 4.90 Å². The molecule has 0 spiro atoms. The summed E-state index contributed by atoms with van der Waals surface area (Å²) in [5.74, 6) is 0.906. The Kier molecular flexibility index (Phi) is 4.02. The lowest BCUT2D eigenvalue weighted by molar-refractivity contribution is 0.125. The maximum absolute atomic E-state index is 5.82. The molecule has 1 aliphatic rings. The van der Waals surface area contributed by atoms with Crippen LogP contribution >= 0.6 is 15.9 Å². The average molecular weight is 289 g/mol. The summed E-state index contributed by atoms with van der Waals surface area (Å²) in [5, 5.41) is 0. The summed E-state index contributed by atoms with van der Waals surface area (Å²) in [6.07, 6.45) is 1.06. The van der Waals surface area contributed by atoms with Gasteiger partial charge in [-0.2, -0.15) is 0 Å². The van der Waals surface area contributed by atoms with E-state index >= 15 is 0 Å². The fourth-order valence-electron chi connectivity index (χ4n) is 2.09. The van der Waals surface area contributed by atoms with Crippen LogP contribution in [0.4, 0.5) is 0 Å². The normalized spacial score (nSPS) is 22.9. The van der Waals surface area contributed by atoms with Crippen molar-refractivity contribution in [2.75, 3.05) is 26.8 Å². The molecule has 2 unspecified atom stereocenters. The van der Waals surface area contributed by atoms with Gasteiger partial charge >= 0.3 is 0 Å². The van der Waals surface area contributed by atoms with Crippen LogP contribution in [0.25, 0.3) is 0 Å². The van der Waals surface area contributed by atoms with E-state index in [1.165, 1.54) is 0 Å². The molecule has 0 aliphatic carbocycles. The number of hydrogen-bond acceptors (Lipinski definition) is 4. The van der Waals surface area contributed by atoms with Gasteiger partial charge in [-0.05, 0) is 41.5 Å². The highest BCUT2D eigenvalue weighted by Gasteiger charge is 2.28. The molecule has 2 atom stereocenters. The minimum atomic E-state index is 0.123. The van der Waals surface area contributed by atoms with E-state index in [1.807, 2.05) is 12.1 Å². The first-order valence-electron chi connectivity index (χ1n) is 5.47. The van der Waals surface area contributed by atoms with Crippen molar-refractivity contribution < 1.29 is 9.15 Å². The molecule has 2 N–H and O–H groups in total. The van der Waals surface area contributed by atoms with Gasteiger partial charge in [-0.15, -0.1) is 0 Å². The molecule has 0 amide bonds. The summed E-state index contributed by atoms with van der Waals surface area (Å²) < 4.78 is 11.7. The highest BCUT2D eigenvalue weighted by atomic mass is 79.9. The van der Waals surface area contributed by atoms with Gasteiger partial charge in [-0.1, -0.05) is 0 Å². The van der Waals surface area contributed by atoms with Crippen LogP contribution in [0.5, 0.6) is 0 Å². The lowest BCUT2D eigenvalue weighted by atomic mass is 10.1. The Balaban J connectivity index is 2.09. The molecule has 1 aromatic rings. The second-order valence-electron chi connectivity index (χ2n) is 4.08. The molecule has 90 valence electrons. The molecule has 0 radical (unpaired) electrons. The third-order valence-corrected chi connectivity index (χ3v) is 3.55. The van der Waals surface area contributed by atoms with E-state index in [9.17, 15) is 0 Å². The zero-order chi connectivity index (χ0) is 11.5. The Bertz CT molecular complexity index is 336. The molecule has 2 rings (SSSR count). The number of halogens is 1. The van der Waals surface area contributed by atoms with Crippen molar-refractivity contribution in [3.63, 3.8) is 0 Å². The third-order valence-electron chi connectivity index (χ3n) is 3.12. The molecule has 16 heavy (non-hydrogen) atoms. The van der Waals surface area contributed by atoms with Crippen molar-refractivity contribution in [3.8, 4) is 0 Å². The Morgan fingerprint density at radius 2 is 2.44 bits per heavy atom. The van der Waals surface area contributed by atoms with Gasteiger partial charge < -0.3 is 14.9 Å². The van der Waals surface area contributed by atoms with Gasteiger partial charge in [0.05, 0.1) is 12.6 Å². The fraction of sp³-hybridized carbons (Fsp3) is 0.636. The molecule has 0 saturated carbocycles. The van der Waals surface area contributed by atoms with E-state index in [4.69, 9.17) is 14.9 Å². The van der Waals surface area contributed by atoms with Crippen LogP contribution in [-0.2, 0) is 4.74 Å². The van der Waals surface area contributed by atoms with Gasteiger partial charge in [0, 0.05) is 19.2 Å². The van der Waals surface area contributed by atoms with E-state index < -0.39 is 0 Å². The molecular formula is C11H17BrN2O2. The molecule has 1 fully saturated rings. The van der Waals surface area contributed by atoms with Crippen LogP contribution in [0.1, 0.15) is 18.2 Å². The van der Waals surface area contributed by atoms with Crippen molar-refractivity contribution in [1.29, 1.82) is 0 Å². The summed E-state index contributed by atoms with van der Waals surface area (Å²) in [6.45, 7) is 2.18. The predicted octanol–water partition coefficient (Wildman–Crippen LogP) is 1.76. The van der Waals surface area contributed by atoms with Crippen LogP contribution < -0.4 is 5.73 Å². The van der Waals surface area contributed by atoms with Crippen molar-refractivity contribution in [3.05, 3.63) is 22.6 Å². The number of ether oxygens (including phenoxy) is 1. The average Bonchev–Trinajstić information content (AvgIpc) is 2.90. The van der Waals surface area contributed by atoms with Crippen molar-refractivity contribution >= 4 is 15.9 Å². The lowest BCUT2D eigenvalue weighted by Gasteiger charge is -2.29. The van der Waals surface area contributed by atoms with Crippen molar-refractivity contribution in [2.45, 2.75) is 18.5 Å². The SMILES string of the molecule is CN(C1CCOC1)C(CN)c1ccc(Br)o1. The summed E-state index contributed by atoms with van der Waals surface area (Å²) in [5.41, 5.74) is 5.82. The Morgan fingerprint density at radius 3 is 2.94 bits per heavy atom. The maximum atomic E-state index is 5.82. The maximum Gasteiger partial charge on any atom is 0.169 e. The molecule has 4 nitrogen and oxygen atoms in total. The van der Waals surface area contributed by atoms with E-state index in [0.717, 1.165) is 30.1 Å². The summed E-state index contributed by atoms with van der Waals surface area (Å²) >= 11 is 3.31. The monoisotopic (exact) mass is 288 g/mol. The zero-order valence-corrected chi connectivity index (χ0v) is 10.9. The van der Waals surface area contributed by atoms with Gasteiger partial charge in [0.1, 0.15) is 5.76 Å². The number of hydrogen-bond donors (Lipinski definition) is 1. The number of furan rings is 1. The minimum absolute atomic E-state index is 0.123. The van der Waals surface area contributed by atoms with Gasteiger partial charge in [0.2, 0.25) is 0 Å². The minimum Gasteiger partial charge on any atom is -0.453 e. The first-order valence-corrected chi connectivity index (χ1v) is 6.26. The summed E-state index contributed by atoms with van der Waals surface area (Å²) in [6, 6.07) is 4.43. The van der Waals surface area contributed by atoms with Crippen LogP contribution in [0.3, 0.4) is 0 Å². The van der Waals surface area contributed by atoms with E-state index in [1.54, 1.807) is 0 Å². The first kappa shape index (κ1) is 12.1. The Labute approximate surface area is 104 Å². The second kappa shape index (κ2) is 5.31. The van der Waals surface area contributed by atoms with Crippen LogP contribution in [-0.4, -0.2) is 37.7 Å². The molecule has 0 aromatic carbocycles. The van der Waals surface area contributed by atoms with Crippen molar-refractivity contribution in [2.24, 2.45) is 5.73 Å². The van der Waals surface area contributed by atoms with Crippen LogP contribution in [0.15, 0.2) is 21.2 Å². The standard InChI is InChI=1S/C11H17BrN2O2/c1-14(8-4-5-15-7-8)9(6-13)10-2-3-11(12)16-10/h2-3,8-9H,4-7,13H2,1H3. The van der Waals surface area contributed by atoms with E-state index in [-0.39, 0.29) is 6.04 Å². The number of rotatable bonds is 4. The summed E-state index contributed by atoms with van der Waals surface area (Å²) in [4.78, 5) is 2.25. The predicted molar refractivity (Wildman–Crippen MR) is 65.2 cm³/mol. The first-order chi connectivity index (χ1) is 7.72. The molecule has 1 saturated heterocycles.